The SMILES string of the molecule is CC(=O)Nc1ccc(C(=O)COC(=O)[C@@H](NS(=O)(=O)c2ccccc2F)C(C)C)cc1. The number of nitrogens with one attached hydrogen (secondary N) is 2. The molecular formula is C21H23FN2O6S. The number of hydrogen-bond acceptors (Lipinski definition) is 6. The maximum absolute atomic E-state index is 13.9. The van der Waals surface area contributed by atoms with Crippen molar-refractivity contribution in [3.63, 3.8) is 0 Å². The number of carbonyl (C=O) groups excluding carboxylic acids is 3. The van der Waals surface area contributed by atoms with E-state index in [0.717, 1.165) is 12.1 Å². The number of halogens is 1. The molecule has 0 aliphatic heterocycles. The Balaban J connectivity index is 2.05. The minimum absolute atomic E-state index is 0.245. The van der Waals surface area contributed by atoms with Gasteiger partial charge in [0.1, 0.15) is 16.8 Å². The van der Waals surface area contributed by atoms with Crippen molar-refractivity contribution in [2.45, 2.75) is 31.7 Å². The maximum Gasteiger partial charge on any atom is 0.324 e. The van der Waals surface area contributed by atoms with Crippen LogP contribution in [-0.2, 0) is 24.3 Å². The fourth-order valence-electron chi connectivity index (χ4n) is 2.60. The summed E-state index contributed by atoms with van der Waals surface area (Å²) in [4.78, 5) is 35.2. The summed E-state index contributed by atoms with van der Waals surface area (Å²) in [5.41, 5.74) is 0.749. The summed E-state index contributed by atoms with van der Waals surface area (Å²) >= 11 is 0. The molecule has 0 aliphatic rings. The van der Waals surface area contributed by atoms with Crippen LogP contribution in [-0.4, -0.2) is 38.7 Å². The lowest BCUT2D eigenvalue weighted by atomic mass is 10.1. The molecule has 0 unspecified atom stereocenters. The van der Waals surface area contributed by atoms with E-state index in [4.69, 9.17) is 4.74 Å². The van der Waals surface area contributed by atoms with Crippen LogP contribution < -0.4 is 10.0 Å². The highest BCUT2D eigenvalue weighted by molar-refractivity contribution is 7.89. The Hall–Kier alpha value is -3.11. The minimum Gasteiger partial charge on any atom is -0.456 e. The van der Waals surface area contributed by atoms with Gasteiger partial charge in [0, 0.05) is 18.2 Å². The predicted octanol–water partition coefficient (Wildman–Crippen LogP) is 2.51. The molecule has 1 atom stereocenters. The van der Waals surface area contributed by atoms with Gasteiger partial charge < -0.3 is 10.1 Å². The molecule has 2 aromatic rings. The van der Waals surface area contributed by atoms with Crippen LogP contribution in [0.2, 0.25) is 0 Å². The molecule has 31 heavy (non-hydrogen) atoms. The van der Waals surface area contributed by atoms with E-state index in [-0.39, 0.29) is 11.5 Å². The van der Waals surface area contributed by atoms with Crippen LogP contribution in [0.25, 0.3) is 0 Å². The molecule has 0 saturated carbocycles. The molecule has 0 fully saturated rings. The van der Waals surface area contributed by atoms with Crippen molar-refractivity contribution in [1.82, 2.24) is 4.72 Å². The van der Waals surface area contributed by atoms with Crippen LogP contribution >= 0.6 is 0 Å². The van der Waals surface area contributed by atoms with Crippen LogP contribution in [0.4, 0.5) is 10.1 Å². The molecule has 0 aliphatic carbocycles. The number of ether oxygens (including phenoxy) is 1. The van der Waals surface area contributed by atoms with Gasteiger partial charge >= 0.3 is 5.97 Å². The van der Waals surface area contributed by atoms with E-state index in [1.54, 1.807) is 13.8 Å². The first-order valence-electron chi connectivity index (χ1n) is 9.35. The first-order valence-corrected chi connectivity index (χ1v) is 10.8. The Labute approximate surface area is 179 Å². The highest BCUT2D eigenvalue weighted by Gasteiger charge is 2.31. The summed E-state index contributed by atoms with van der Waals surface area (Å²) in [6.07, 6.45) is 0. The highest BCUT2D eigenvalue weighted by Crippen LogP contribution is 2.16. The zero-order chi connectivity index (χ0) is 23.2. The number of hydrogen-bond donors (Lipinski definition) is 2. The molecule has 10 heteroatoms. The molecular weight excluding hydrogens is 427 g/mol. The van der Waals surface area contributed by atoms with E-state index in [1.807, 2.05) is 0 Å². The van der Waals surface area contributed by atoms with Crippen LogP contribution in [0.5, 0.6) is 0 Å². The average Bonchev–Trinajstić information content (AvgIpc) is 2.70. The normalized spacial score (nSPS) is 12.3. The lowest BCUT2D eigenvalue weighted by Crippen LogP contribution is -2.45. The van der Waals surface area contributed by atoms with Gasteiger partial charge in [-0.05, 0) is 42.3 Å². The number of carbonyl (C=O) groups is 3. The largest absolute Gasteiger partial charge is 0.456 e. The highest BCUT2D eigenvalue weighted by atomic mass is 32.2. The molecule has 0 bridgehead atoms. The number of esters is 1. The summed E-state index contributed by atoms with van der Waals surface area (Å²) in [6.45, 7) is 3.91. The van der Waals surface area contributed by atoms with Crippen molar-refractivity contribution in [1.29, 1.82) is 0 Å². The molecule has 0 radical (unpaired) electrons. The number of benzene rings is 2. The first kappa shape index (κ1) is 24.2. The van der Waals surface area contributed by atoms with Gasteiger partial charge in [0.05, 0.1) is 0 Å². The second-order valence-electron chi connectivity index (χ2n) is 7.06. The molecule has 0 spiro atoms. The monoisotopic (exact) mass is 450 g/mol. The molecule has 0 heterocycles. The van der Waals surface area contributed by atoms with Crippen LogP contribution in [0.1, 0.15) is 31.1 Å². The Morgan fingerprint density at radius 2 is 1.65 bits per heavy atom. The van der Waals surface area contributed by atoms with E-state index < -0.39 is 51.1 Å². The molecule has 0 saturated heterocycles. The number of amides is 1. The fourth-order valence-corrected chi connectivity index (χ4v) is 4.01. The van der Waals surface area contributed by atoms with Gasteiger partial charge in [0.25, 0.3) is 0 Å². The molecule has 2 rings (SSSR count). The van der Waals surface area contributed by atoms with Crippen LogP contribution in [0, 0.1) is 11.7 Å². The summed E-state index contributed by atoms with van der Waals surface area (Å²) in [6, 6.07) is 9.42. The number of rotatable bonds is 9. The van der Waals surface area contributed by atoms with E-state index >= 15 is 0 Å². The van der Waals surface area contributed by atoms with Crippen molar-refractivity contribution in [2.75, 3.05) is 11.9 Å². The maximum atomic E-state index is 13.9. The third kappa shape index (κ3) is 6.69. The van der Waals surface area contributed by atoms with Crippen molar-refractivity contribution in [2.24, 2.45) is 5.92 Å². The van der Waals surface area contributed by atoms with Gasteiger partial charge in [-0.1, -0.05) is 26.0 Å². The summed E-state index contributed by atoms with van der Waals surface area (Å²) in [5, 5.41) is 2.56. The minimum atomic E-state index is -4.33. The Morgan fingerprint density at radius 3 is 2.19 bits per heavy atom. The van der Waals surface area contributed by atoms with E-state index in [2.05, 4.69) is 10.0 Å². The van der Waals surface area contributed by atoms with Gasteiger partial charge in [-0.2, -0.15) is 4.72 Å². The zero-order valence-electron chi connectivity index (χ0n) is 17.2. The summed E-state index contributed by atoms with van der Waals surface area (Å²) < 4.78 is 46.0. The molecule has 0 aromatic heterocycles. The van der Waals surface area contributed by atoms with Gasteiger partial charge in [-0.3, -0.25) is 14.4 Å². The number of Topliss-reactive ketones (excluding diaryl/α,β-unsaturated/α-hetero) is 1. The third-order valence-electron chi connectivity index (χ3n) is 4.20. The topological polar surface area (TPSA) is 119 Å². The van der Waals surface area contributed by atoms with Crippen LogP contribution in [0.3, 0.4) is 0 Å². The predicted molar refractivity (Wildman–Crippen MR) is 111 cm³/mol. The molecule has 8 nitrogen and oxygen atoms in total. The first-order chi connectivity index (χ1) is 14.5. The van der Waals surface area contributed by atoms with Gasteiger partial charge in [0.2, 0.25) is 15.9 Å². The van der Waals surface area contributed by atoms with Crippen molar-refractivity contribution < 1.29 is 31.9 Å². The fraction of sp³-hybridized carbons (Fsp3) is 0.286. The second kappa shape index (κ2) is 10.3. The Morgan fingerprint density at radius 1 is 1.03 bits per heavy atom. The van der Waals surface area contributed by atoms with E-state index in [9.17, 15) is 27.2 Å². The standard InChI is InChI=1S/C21H23FN2O6S/c1-13(2)20(24-31(28,29)19-7-5-4-6-17(19)22)21(27)30-12-18(26)15-8-10-16(11-9-15)23-14(3)25/h4-11,13,20,24H,12H2,1-3H3,(H,23,25)/t20-/m0/s1. The van der Waals surface area contributed by atoms with E-state index in [1.165, 1.54) is 43.3 Å². The quantitative estimate of drug-likeness (QED) is 0.448. The summed E-state index contributed by atoms with van der Waals surface area (Å²) in [7, 11) is -4.33. The third-order valence-corrected chi connectivity index (χ3v) is 5.68. The summed E-state index contributed by atoms with van der Waals surface area (Å²) in [5.74, 6) is -3.21. The average molecular weight is 450 g/mol. The smallest absolute Gasteiger partial charge is 0.324 e. The van der Waals surface area contributed by atoms with E-state index in [0.29, 0.717) is 5.69 Å². The molecule has 2 aromatic carbocycles. The zero-order valence-corrected chi connectivity index (χ0v) is 18.0. The van der Waals surface area contributed by atoms with Crippen molar-refractivity contribution in [3.8, 4) is 0 Å². The van der Waals surface area contributed by atoms with Gasteiger partial charge in [-0.25, -0.2) is 12.8 Å². The number of anilines is 1. The lowest BCUT2D eigenvalue weighted by Gasteiger charge is -2.20. The van der Waals surface area contributed by atoms with Crippen molar-refractivity contribution in [3.05, 3.63) is 59.9 Å². The molecule has 2 N–H and O–H groups in total. The second-order valence-corrected chi connectivity index (χ2v) is 8.75. The number of sulfonamides is 1. The molecule has 166 valence electrons. The Kier molecular flexibility index (Phi) is 8.01. The lowest BCUT2D eigenvalue weighted by molar-refractivity contribution is -0.145. The van der Waals surface area contributed by atoms with Crippen LogP contribution in [0.15, 0.2) is 53.4 Å². The molecule has 1 amide bonds. The Bertz CT molecular complexity index is 1070. The van der Waals surface area contributed by atoms with Gasteiger partial charge in [0.15, 0.2) is 12.4 Å². The van der Waals surface area contributed by atoms with Crippen molar-refractivity contribution >= 4 is 33.4 Å². The van der Waals surface area contributed by atoms with Gasteiger partial charge in [-0.15, -0.1) is 0 Å². The number of ketones is 1.